The van der Waals surface area contributed by atoms with E-state index in [1.807, 2.05) is 12.4 Å². The Bertz CT molecular complexity index is 713. The van der Waals surface area contributed by atoms with Crippen LogP contribution in [0.5, 0.6) is 0 Å². The van der Waals surface area contributed by atoms with E-state index in [9.17, 15) is 9.59 Å². The topological polar surface area (TPSA) is 81.7 Å². The first kappa shape index (κ1) is 18.2. The van der Waals surface area contributed by atoms with Crippen LogP contribution in [0.2, 0.25) is 0 Å². The maximum absolute atomic E-state index is 12.4. The molecular formula is C19H28N6O2. The van der Waals surface area contributed by atoms with Crippen LogP contribution in [0.1, 0.15) is 38.2 Å². The highest BCUT2D eigenvalue weighted by molar-refractivity contribution is 6.06. The van der Waals surface area contributed by atoms with Crippen LogP contribution >= 0.6 is 0 Å². The van der Waals surface area contributed by atoms with E-state index in [1.54, 1.807) is 7.05 Å². The van der Waals surface area contributed by atoms with Crippen molar-refractivity contribution in [3.8, 4) is 0 Å². The summed E-state index contributed by atoms with van der Waals surface area (Å²) in [6, 6.07) is -0.288. The molecule has 0 radical (unpaired) electrons. The zero-order valence-corrected chi connectivity index (χ0v) is 16.1. The smallest absolute Gasteiger partial charge is 0.324 e. The van der Waals surface area contributed by atoms with Gasteiger partial charge < -0.3 is 10.2 Å². The number of rotatable bonds is 3. The van der Waals surface area contributed by atoms with Crippen molar-refractivity contribution in [1.82, 2.24) is 25.1 Å². The van der Waals surface area contributed by atoms with Gasteiger partial charge in [-0.3, -0.25) is 14.6 Å². The Morgan fingerprint density at radius 1 is 1.19 bits per heavy atom. The number of nitrogens with zero attached hydrogens (tertiary/aromatic N) is 5. The van der Waals surface area contributed by atoms with Crippen molar-refractivity contribution in [2.45, 2.75) is 44.7 Å². The average Bonchev–Trinajstić information content (AvgIpc) is 2.88. The average molecular weight is 372 g/mol. The number of urea groups is 1. The van der Waals surface area contributed by atoms with E-state index in [2.05, 4.69) is 32.0 Å². The number of imide groups is 1. The lowest BCUT2D eigenvalue weighted by atomic mass is 9.87. The molecule has 8 heteroatoms. The SMILES string of the molecule is C[C@@H]1CCCN(c2ncc(CN3CCC4(CC3)NC(=O)N(C)C4=O)cn2)C1. The number of nitrogens with one attached hydrogen (secondary N) is 1. The molecule has 0 aromatic carbocycles. The summed E-state index contributed by atoms with van der Waals surface area (Å²) in [6.07, 6.45) is 7.61. The lowest BCUT2D eigenvalue weighted by molar-refractivity contribution is -0.132. The molecule has 146 valence electrons. The Morgan fingerprint density at radius 3 is 2.48 bits per heavy atom. The number of carbonyl (C=O) groups excluding carboxylic acids is 2. The molecule has 1 aromatic heterocycles. The summed E-state index contributed by atoms with van der Waals surface area (Å²) in [5.41, 5.74) is 0.381. The Kier molecular flexibility index (Phi) is 4.75. The van der Waals surface area contributed by atoms with E-state index < -0.39 is 5.54 Å². The van der Waals surface area contributed by atoms with E-state index in [-0.39, 0.29) is 11.9 Å². The van der Waals surface area contributed by atoms with Gasteiger partial charge in [0.1, 0.15) is 5.54 Å². The van der Waals surface area contributed by atoms with Crippen LogP contribution in [0, 0.1) is 5.92 Å². The zero-order chi connectivity index (χ0) is 19.0. The third kappa shape index (κ3) is 3.50. The number of hydrogen-bond acceptors (Lipinski definition) is 6. The molecule has 0 bridgehead atoms. The van der Waals surface area contributed by atoms with Gasteiger partial charge in [0.25, 0.3) is 5.91 Å². The Hall–Kier alpha value is -2.22. The molecule has 0 aliphatic carbocycles. The molecule has 3 fully saturated rings. The number of aromatic nitrogens is 2. The molecule has 3 saturated heterocycles. The second-order valence-electron chi connectivity index (χ2n) is 8.24. The molecular weight excluding hydrogens is 344 g/mol. The second-order valence-corrected chi connectivity index (χ2v) is 8.24. The van der Waals surface area contributed by atoms with Gasteiger partial charge in [-0.15, -0.1) is 0 Å². The first-order valence-electron chi connectivity index (χ1n) is 9.85. The number of piperidine rings is 2. The normalized spacial score (nSPS) is 25.9. The first-order valence-corrected chi connectivity index (χ1v) is 9.85. The number of likely N-dealkylation sites (N-methyl/N-ethyl adjacent to an activating group) is 1. The lowest BCUT2D eigenvalue weighted by Crippen LogP contribution is -2.54. The maximum atomic E-state index is 12.4. The molecule has 1 aromatic rings. The summed E-state index contributed by atoms with van der Waals surface area (Å²) in [6.45, 7) is 6.65. The molecule has 3 aliphatic heterocycles. The standard InChI is InChI=1S/C19H28N6O2/c1-14-4-3-7-25(12-14)17-20-10-15(11-21-17)13-24-8-5-19(6-9-24)16(26)23(2)18(27)22-19/h10-11,14H,3-9,12-13H2,1-2H3,(H,22,27)/t14-/m1/s1. The second kappa shape index (κ2) is 7.07. The van der Waals surface area contributed by atoms with Gasteiger partial charge in [-0.2, -0.15) is 0 Å². The Balaban J connectivity index is 1.33. The quantitative estimate of drug-likeness (QED) is 0.804. The van der Waals surface area contributed by atoms with Gasteiger partial charge in [-0.1, -0.05) is 6.92 Å². The lowest BCUT2D eigenvalue weighted by Gasteiger charge is -2.37. The largest absolute Gasteiger partial charge is 0.341 e. The summed E-state index contributed by atoms with van der Waals surface area (Å²) in [5.74, 6) is 1.42. The van der Waals surface area contributed by atoms with Crippen molar-refractivity contribution in [1.29, 1.82) is 0 Å². The molecule has 1 N–H and O–H groups in total. The van der Waals surface area contributed by atoms with Crippen molar-refractivity contribution < 1.29 is 9.59 Å². The Morgan fingerprint density at radius 2 is 1.89 bits per heavy atom. The van der Waals surface area contributed by atoms with Crippen LogP contribution < -0.4 is 10.2 Å². The van der Waals surface area contributed by atoms with Gasteiger partial charge >= 0.3 is 6.03 Å². The number of likely N-dealkylation sites (tertiary alicyclic amines) is 1. The van der Waals surface area contributed by atoms with Gasteiger partial charge in [-0.05, 0) is 31.6 Å². The fourth-order valence-electron chi connectivity index (χ4n) is 4.41. The number of anilines is 1. The van der Waals surface area contributed by atoms with Crippen molar-refractivity contribution in [2.75, 3.05) is 38.1 Å². The van der Waals surface area contributed by atoms with E-state index in [4.69, 9.17) is 0 Å². The fourth-order valence-corrected chi connectivity index (χ4v) is 4.41. The van der Waals surface area contributed by atoms with Crippen molar-refractivity contribution in [3.63, 3.8) is 0 Å². The van der Waals surface area contributed by atoms with Gasteiger partial charge in [0, 0.05) is 57.7 Å². The monoisotopic (exact) mass is 372 g/mol. The van der Waals surface area contributed by atoms with Crippen LogP contribution in [0.25, 0.3) is 0 Å². The minimum absolute atomic E-state index is 0.101. The van der Waals surface area contributed by atoms with Crippen LogP contribution in [-0.4, -0.2) is 70.5 Å². The number of hydrogen-bond donors (Lipinski definition) is 1. The molecule has 0 saturated carbocycles. The third-order valence-electron chi connectivity index (χ3n) is 6.11. The maximum Gasteiger partial charge on any atom is 0.324 e. The van der Waals surface area contributed by atoms with Crippen molar-refractivity contribution in [2.24, 2.45) is 5.92 Å². The van der Waals surface area contributed by atoms with Gasteiger partial charge in [0.2, 0.25) is 5.95 Å². The van der Waals surface area contributed by atoms with Gasteiger partial charge in [0.15, 0.2) is 0 Å². The summed E-state index contributed by atoms with van der Waals surface area (Å²) in [7, 11) is 1.54. The number of carbonyl (C=O) groups is 2. The minimum Gasteiger partial charge on any atom is -0.341 e. The molecule has 3 amide bonds. The number of amides is 3. The third-order valence-corrected chi connectivity index (χ3v) is 6.11. The highest BCUT2D eigenvalue weighted by Crippen LogP contribution is 2.29. The first-order chi connectivity index (χ1) is 13.0. The summed E-state index contributed by atoms with van der Waals surface area (Å²) in [4.78, 5) is 39.1. The molecule has 1 atom stereocenters. The molecule has 0 unspecified atom stereocenters. The molecule has 4 heterocycles. The summed E-state index contributed by atoms with van der Waals surface area (Å²) >= 11 is 0. The van der Waals surface area contributed by atoms with Gasteiger partial charge in [-0.25, -0.2) is 14.8 Å². The highest BCUT2D eigenvalue weighted by Gasteiger charge is 2.50. The van der Waals surface area contributed by atoms with Crippen molar-refractivity contribution in [3.05, 3.63) is 18.0 Å². The van der Waals surface area contributed by atoms with E-state index in [1.165, 1.54) is 17.7 Å². The molecule has 27 heavy (non-hydrogen) atoms. The minimum atomic E-state index is -0.701. The molecule has 8 nitrogen and oxygen atoms in total. The fraction of sp³-hybridized carbons (Fsp3) is 0.684. The highest BCUT2D eigenvalue weighted by atomic mass is 16.2. The van der Waals surface area contributed by atoms with E-state index in [0.717, 1.165) is 44.2 Å². The molecule has 1 spiro atoms. The van der Waals surface area contributed by atoms with E-state index in [0.29, 0.717) is 18.8 Å². The summed E-state index contributed by atoms with van der Waals surface area (Å²) in [5, 5.41) is 2.88. The molecule has 3 aliphatic rings. The van der Waals surface area contributed by atoms with Crippen LogP contribution in [-0.2, 0) is 11.3 Å². The predicted molar refractivity (Wildman–Crippen MR) is 101 cm³/mol. The Labute approximate surface area is 159 Å². The predicted octanol–water partition coefficient (Wildman–Crippen LogP) is 1.23. The van der Waals surface area contributed by atoms with Crippen LogP contribution in [0.4, 0.5) is 10.7 Å². The van der Waals surface area contributed by atoms with Crippen LogP contribution in [0.15, 0.2) is 12.4 Å². The van der Waals surface area contributed by atoms with E-state index >= 15 is 0 Å². The zero-order valence-electron chi connectivity index (χ0n) is 16.1. The van der Waals surface area contributed by atoms with Crippen molar-refractivity contribution >= 4 is 17.9 Å². The molecule has 4 rings (SSSR count). The van der Waals surface area contributed by atoms with Crippen LogP contribution in [0.3, 0.4) is 0 Å². The van der Waals surface area contributed by atoms with Gasteiger partial charge in [0.05, 0.1) is 0 Å². The summed E-state index contributed by atoms with van der Waals surface area (Å²) < 4.78 is 0.